The highest BCUT2D eigenvalue weighted by atomic mass is 16.3. The van der Waals surface area contributed by atoms with Crippen molar-refractivity contribution in [3.63, 3.8) is 0 Å². The van der Waals surface area contributed by atoms with Crippen molar-refractivity contribution in [3.05, 3.63) is 18.2 Å². The highest BCUT2D eigenvalue weighted by Gasteiger charge is 2.23. The highest BCUT2D eigenvalue weighted by molar-refractivity contribution is 5.92. The third-order valence-electron chi connectivity index (χ3n) is 3.02. The van der Waals surface area contributed by atoms with Crippen molar-refractivity contribution < 1.29 is 9.90 Å². The molecule has 0 fully saturated rings. The molecule has 0 saturated heterocycles. The Bertz CT molecular complexity index is 358. The van der Waals surface area contributed by atoms with Gasteiger partial charge in [-0.1, -0.05) is 13.8 Å². The summed E-state index contributed by atoms with van der Waals surface area (Å²) in [5.74, 6) is -0.0623. The summed E-state index contributed by atoms with van der Waals surface area (Å²) in [5, 5.41) is 9.08. The fraction of sp³-hybridized carbons (Fsp3) is 0.667. The molecule has 0 saturated carbocycles. The van der Waals surface area contributed by atoms with Gasteiger partial charge >= 0.3 is 0 Å². The van der Waals surface area contributed by atoms with E-state index in [0.717, 1.165) is 12.8 Å². The number of imidazole rings is 1. The lowest BCUT2D eigenvalue weighted by Crippen LogP contribution is -2.42. The maximum absolute atomic E-state index is 12.3. The first-order chi connectivity index (χ1) is 8.15. The standard InChI is InChI=1S/C12H21N3O2/c1-4-10(5-2)15(6-7-16)12(17)11-8-13-9-14(11)3/h8-10,16H,4-7H2,1-3H3. The Morgan fingerprint density at radius 3 is 2.59 bits per heavy atom. The molecule has 0 atom stereocenters. The third kappa shape index (κ3) is 3.06. The van der Waals surface area contributed by atoms with Crippen molar-refractivity contribution >= 4 is 5.91 Å². The van der Waals surface area contributed by atoms with E-state index in [1.807, 2.05) is 0 Å². The van der Waals surface area contributed by atoms with Crippen molar-refractivity contribution in [1.29, 1.82) is 0 Å². The maximum Gasteiger partial charge on any atom is 0.272 e. The molecule has 96 valence electrons. The molecule has 5 heteroatoms. The number of carbonyl (C=O) groups excluding carboxylic acids is 1. The Morgan fingerprint density at radius 2 is 2.18 bits per heavy atom. The van der Waals surface area contributed by atoms with Crippen LogP contribution in [0.1, 0.15) is 37.2 Å². The van der Waals surface area contributed by atoms with E-state index < -0.39 is 0 Å². The molecule has 17 heavy (non-hydrogen) atoms. The van der Waals surface area contributed by atoms with E-state index >= 15 is 0 Å². The van der Waals surface area contributed by atoms with Gasteiger partial charge in [-0.25, -0.2) is 4.98 Å². The lowest BCUT2D eigenvalue weighted by Gasteiger charge is -2.29. The first-order valence-electron chi connectivity index (χ1n) is 6.03. The van der Waals surface area contributed by atoms with Gasteiger partial charge in [0.2, 0.25) is 0 Å². The SMILES string of the molecule is CCC(CC)N(CCO)C(=O)c1cncn1C. The molecule has 0 aliphatic rings. The number of rotatable bonds is 6. The van der Waals surface area contributed by atoms with Gasteiger partial charge in [0.1, 0.15) is 5.69 Å². The second-order valence-corrected chi connectivity index (χ2v) is 4.08. The van der Waals surface area contributed by atoms with Crippen molar-refractivity contribution in [3.8, 4) is 0 Å². The number of aliphatic hydroxyl groups excluding tert-OH is 1. The molecule has 1 amide bonds. The number of carbonyl (C=O) groups is 1. The summed E-state index contributed by atoms with van der Waals surface area (Å²) in [6.07, 6.45) is 4.95. The Kier molecular flexibility index (Phi) is 5.15. The van der Waals surface area contributed by atoms with Crippen LogP contribution in [-0.2, 0) is 7.05 Å². The third-order valence-corrected chi connectivity index (χ3v) is 3.02. The monoisotopic (exact) mass is 239 g/mol. The van der Waals surface area contributed by atoms with Crippen molar-refractivity contribution in [2.24, 2.45) is 7.05 Å². The Hall–Kier alpha value is -1.36. The van der Waals surface area contributed by atoms with Crippen LogP contribution in [0, 0.1) is 0 Å². The van der Waals surface area contributed by atoms with Gasteiger partial charge in [-0.15, -0.1) is 0 Å². The summed E-state index contributed by atoms with van der Waals surface area (Å²) in [6.45, 7) is 4.46. The van der Waals surface area contributed by atoms with Crippen LogP contribution in [0.2, 0.25) is 0 Å². The Balaban J connectivity index is 2.91. The van der Waals surface area contributed by atoms with Crippen LogP contribution >= 0.6 is 0 Å². The first-order valence-corrected chi connectivity index (χ1v) is 6.03. The lowest BCUT2D eigenvalue weighted by atomic mass is 10.1. The van der Waals surface area contributed by atoms with E-state index in [1.165, 1.54) is 0 Å². The minimum atomic E-state index is -0.0623. The van der Waals surface area contributed by atoms with Gasteiger partial charge in [-0.05, 0) is 12.8 Å². The fourth-order valence-corrected chi connectivity index (χ4v) is 2.00. The summed E-state index contributed by atoms with van der Waals surface area (Å²) >= 11 is 0. The highest BCUT2D eigenvalue weighted by Crippen LogP contribution is 2.12. The molecule has 1 rings (SSSR count). The second-order valence-electron chi connectivity index (χ2n) is 4.08. The van der Waals surface area contributed by atoms with Gasteiger partial charge in [-0.3, -0.25) is 4.79 Å². The molecular weight excluding hydrogens is 218 g/mol. The average molecular weight is 239 g/mol. The Morgan fingerprint density at radius 1 is 1.53 bits per heavy atom. The molecule has 0 bridgehead atoms. The Labute approximate surface area is 102 Å². The van der Waals surface area contributed by atoms with Crippen LogP contribution in [0.3, 0.4) is 0 Å². The number of amides is 1. The van der Waals surface area contributed by atoms with Crippen molar-refractivity contribution in [2.75, 3.05) is 13.2 Å². The van der Waals surface area contributed by atoms with Crippen LogP contribution in [0.4, 0.5) is 0 Å². The zero-order valence-electron chi connectivity index (χ0n) is 10.8. The number of nitrogens with zero attached hydrogens (tertiary/aromatic N) is 3. The maximum atomic E-state index is 12.3. The van der Waals surface area contributed by atoms with Gasteiger partial charge in [0.15, 0.2) is 0 Å². The van der Waals surface area contributed by atoms with E-state index in [0.29, 0.717) is 12.2 Å². The summed E-state index contributed by atoms with van der Waals surface area (Å²) in [6, 6.07) is 0.171. The predicted octanol–water partition coefficient (Wildman–Crippen LogP) is 1.04. The van der Waals surface area contributed by atoms with Gasteiger partial charge in [0, 0.05) is 19.6 Å². The predicted molar refractivity (Wildman–Crippen MR) is 65.7 cm³/mol. The zero-order chi connectivity index (χ0) is 12.8. The molecule has 1 aromatic rings. The van der Waals surface area contributed by atoms with Crippen LogP contribution < -0.4 is 0 Å². The van der Waals surface area contributed by atoms with Crippen LogP contribution in [-0.4, -0.2) is 44.7 Å². The first kappa shape index (κ1) is 13.7. The normalized spacial score (nSPS) is 10.9. The van der Waals surface area contributed by atoms with Gasteiger partial charge in [0.25, 0.3) is 5.91 Å². The molecule has 0 spiro atoms. The molecule has 0 aliphatic heterocycles. The molecule has 5 nitrogen and oxygen atoms in total. The number of hydrogen-bond donors (Lipinski definition) is 1. The number of aryl methyl sites for hydroxylation is 1. The molecule has 1 N–H and O–H groups in total. The van der Waals surface area contributed by atoms with E-state index in [2.05, 4.69) is 18.8 Å². The largest absolute Gasteiger partial charge is 0.395 e. The van der Waals surface area contributed by atoms with E-state index in [9.17, 15) is 4.79 Å². The molecule has 1 aromatic heterocycles. The van der Waals surface area contributed by atoms with Gasteiger partial charge < -0.3 is 14.6 Å². The van der Waals surface area contributed by atoms with Crippen molar-refractivity contribution in [2.45, 2.75) is 32.7 Å². The zero-order valence-corrected chi connectivity index (χ0v) is 10.8. The smallest absolute Gasteiger partial charge is 0.272 e. The molecule has 0 aromatic carbocycles. The average Bonchev–Trinajstić information content (AvgIpc) is 2.75. The molecule has 0 aliphatic carbocycles. The minimum Gasteiger partial charge on any atom is -0.395 e. The lowest BCUT2D eigenvalue weighted by molar-refractivity contribution is 0.0612. The topological polar surface area (TPSA) is 58.4 Å². The van der Waals surface area contributed by atoms with Gasteiger partial charge in [0.05, 0.1) is 19.1 Å². The number of aliphatic hydroxyl groups is 1. The molecule has 1 heterocycles. The number of aromatic nitrogens is 2. The summed E-state index contributed by atoms with van der Waals surface area (Å²) < 4.78 is 1.70. The van der Waals surface area contributed by atoms with Crippen LogP contribution in [0.5, 0.6) is 0 Å². The summed E-state index contributed by atoms with van der Waals surface area (Å²) in [5.41, 5.74) is 0.561. The van der Waals surface area contributed by atoms with E-state index in [4.69, 9.17) is 5.11 Å². The van der Waals surface area contributed by atoms with Crippen LogP contribution in [0.25, 0.3) is 0 Å². The summed E-state index contributed by atoms with van der Waals surface area (Å²) in [7, 11) is 1.80. The van der Waals surface area contributed by atoms with Crippen LogP contribution in [0.15, 0.2) is 12.5 Å². The molecule has 0 radical (unpaired) electrons. The number of hydrogen-bond acceptors (Lipinski definition) is 3. The molecule has 0 unspecified atom stereocenters. The summed E-state index contributed by atoms with van der Waals surface area (Å²) in [4.78, 5) is 18.0. The quantitative estimate of drug-likeness (QED) is 0.807. The minimum absolute atomic E-state index is 0.0138. The van der Waals surface area contributed by atoms with E-state index in [1.54, 1.807) is 29.0 Å². The fourth-order valence-electron chi connectivity index (χ4n) is 2.00. The second kappa shape index (κ2) is 6.39. The molecular formula is C12H21N3O2. The van der Waals surface area contributed by atoms with Gasteiger partial charge in [-0.2, -0.15) is 0 Å². The van der Waals surface area contributed by atoms with Crippen molar-refractivity contribution in [1.82, 2.24) is 14.5 Å². The van der Waals surface area contributed by atoms with E-state index in [-0.39, 0.29) is 18.6 Å².